The van der Waals surface area contributed by atoms with Crippen LogP contribution in [0.25, 0.3) is 10.3 Å². The van der Waals surface area contributed by atoms with Gasteiger partial charge in [0.15, 0.2) is 10.8 Å². The quantitative estimate of drug-likeness (QED) is 0.606. The van der Waals surface area contributed by atoms with Crippen molar-refractivity contribution >= 4 is 50.0 Å². The summed E-state index contributed by atoms with van der Waals surface area (Å²) in [6.45, 7) is 6.93. The summed E-state index contributed by atoms with van der Waals surface area (Å²) < 4.78 is 2.87. The SMILES string of the molecule is Cc1ccc(NC(=O)Cn2c(=O)n(C(C)C)c(=O)c3sc(N4CCCCC4)nc32)c(Cl)c1. The predicted molar refractivity (Wildman–Crippen MR) is 129 cm³/mol. The molecule has 170 valence electrons. The topological polar surface area (TPSA) is 89.2 Å². The van der Waals surface area contributed by atoms with Gasteiger partial charge in [-0.15, -0.1) is 0 Å². The average Bonchev–Trinajstić information content (AvgIpc) is 3.19. The molecule has 3 heterocycles. The second kappa shape index (κ2) is 9.07. The number of piperidine rings is 1. The number of halogens is 1. The second-order valence-electron chi connectivity index (χ2n) is 8.37. The van der Waals surface area contributed by atoms with Crippen LogP contribution in [0.2, 0.25) is 5.02 Å². The van der Waals surface area contributed by atoms with E-state index in [9.17, 15) is 14.4 Å². The summed E-state index contributed by atoms with van der Waals surface area (Å²) in [5.41, 5.74) is 0.795. The minimum atomic E-state index is -0.543. The van der Waals surface area contributed by atoms with Crippen LogP contribution in [0.15, 0.2) is 27.8 Å². The van der Waals surface area contributed by atoms with E-state index in [0.717, 1.165) is 31.5 Å². The third kappa shape index (κ3) is 4.31. The first-order valence-corrected chi connectivity index (χ1v) is 11.9. The minimum Gasteiger partial charge on any atom is -0.348 e. The molecular weight excluding hydrogens is 450 g/mol. The van der Waals surface area contributed by atoms with E-state index in [1.807, 2.05) is 13.0 Å². The first-order valence-electron chi connectivity index (χ1n) is 10.7. The summed E-state index contributed by atoms with van der Waals surface area (Å²) in [5.74, 6) is -0.416. The maximum absolute atomic E-state index is 13.2. The normalized spacial score (nSPS) is 14.3. The highest BCUT2D eigenvalue weighted by atomic mass is 35.5. The largest absolute Gasteiger partial charge is 0.348 e. The molecule has 4 rings (SSSR count). The van der Waals surface area contributed by atoms with E-state index in [1.54, 1.807) is 26.0 Å². The molecule has 0 atom stereocenters. The molecule has 1 saturated heterocycles. The fourth-order valence-corrected chi connectivity index (χ4v) is 5.25. The van der Waals surface area contributed by atoms with Crippen LogP contribution in [0.5, 0.6) is 0 Å². The molecule has 2 aromatic heterocycles. The summed E-state index contributed by atoms with van der Waals surface area (Å²) in [7, 11) is 0. The zero-order valence-electron chi connectivity index (χ0n) is 18.4. The summed E-state index contributed by atoms with van der Waals surface area (Å²) in [6.07, 6.45) is 3.31. The molecule has 0 unspecified atom stereocenters. The molecule has 0 spiro atoms. The number of amides is 1. The standard InChI is InChI=1S/C22H26ClN5O3S/c1-13(2)28-20(30)18-19(25-21(32-18)26-9-5-4-6-10-26)27(22(28)31)12-17(29)24-16-8-7-14(3)11-15(16)23/h7-8,11,13H,4-6,9-10,12H2,1-3H3,(H,24,29). The van der Waals surface area contributed by atoms with Gasteiger partial charge >= 0.3 is 5.69 Å². The Kier molecular flexibility index (Phi) is 6.39. The van der Waals surface area contributed by atoms with Crippen LogP contribution >= 0.6 is 22.9 Å². The van der Waals surface area contributed by atoms with E-state index in [0.29, 0.717) is 20.5 Å². The number of nitrogens with one attached hydrogen (secondary N) is 1. The van der Waals surface area contributed by atoms with E-state index in [4.69, 9.17) is 11.6 Å². The maximum atomic E-state index is 13.2. The van der Waals surface area contributed by atoms with Crippen LogP contribution in [0.4, 0.5) is 10.8 Å². The number of fused-ring (bicyclic) bond motifs is 1. The molecule has 1 aliphatic rings. The summed E-state index contributed by atoms with van der Waals surface area (Å²) in [5, 5.41) is 3.90. The molecule has 32 heavy (non-hydrogen) atoms. The van der Waals surface area contributed by atoms with Crippen molar-refractivity contribution in [3.05, 3.63) is 49.6 Å². The van der Waals surface area contributed by atoms with Crippen LogP contribution in [-0.2, 0) is 11.3 Å². The van der Waals surface area contributed by atoms with Crippen molar-refractivity contribution in [1.29, 1.82) is 0 Å². The molecule has 0 radical (unpaired) electrons. The highest BCUT2D eigenvalue weighted by Crippen LogP contribution is 2.28. The number of aryl methyl sites for hydroxylation is 1. The van der Waals surface area contributed by atoms with Gasteiger partial charge < -0.3 is 10.2 Å². The van der Waals surface area contributed by atoms with Gasteiger partial charge in [0, 0.05) is 19.1 Å². The fraction of sp³-hybridized carbons (Fsp3) is 0.455. The lowest BCUT2D eigenvalue weighted by Crippen LogP contribution is -2.42. The smallest absolute Gasteiger partial charge is 0.333 e. The molecule has 1 aliphatic heterocycles. The van der Waals surface area contributed by atoms with Gasteiger partial charge in [-0.2, -0.15) is 0 Å². The molecule has 1 aromatic carbocycles. The van der Waals surface area contributed by atoms with Crippen molar-refractivity contribution in [3.8, 4) is 0 Å². The molecule has 0 bridgehead atoms. The monoisotopic (exact) mass is 475 g/mol. The minimum absolute atomic E-state index is 0.257. The molecular formula is C22H26ClN5O3S. The first-order chi connectivity index (χ1) is 15.3. The highest BCUT2D eigenvalue weighted by molar-refractivity contribution is 7.22. The van der Waals surface area contributed by atoms with Crippen LogP contribution in [0.3, 0.4) is 0 Å². The highest BCUT2D eigenvalue weighted by Gasteiger charge is 2.23. The fourth-order valence-electron chi connectivity index (χ4n) is 3.91. The van der Waals surface area contributed by atoms with Crippen molar-refractivity contribution in [2.75, 3.05) is 23.3 Å². The lowest BCUT2D eigenvalue weighted by molar-refractivity contribution is -0.116. The summed E-state index contributed by atoms with van der Waals surface area (Å²) in [6, 6.07) is 4.98. The van der Waals surface area contributed by atoms with Gasteiger partial charge in [0.1, 0.15) is 11.2 Å². The number of hydrogen-bond acceptors (Lipinski definition) is 6. The van der Waals surface area contributed by atoms with Crippen LogP contribution < -0.4 is 21.5 Å². The Hall–Kier alpha value is -2.65. The van der Waals surface area contributed by atoms with Crippen LogP contribution in [0.1, 0.15) is 44.7 Å². The third-order valence-corrected chi connectivity index (χ3v) is 6.95. The lowest BCUT2D eigenvalue weighted by atomic mass is 10.1. The molecule has 0 saturated carbocycles. The average molecular weight is 476 g/mol. The Morgan fingerprint density at radius 2 is 1.94 bits per heavy atom. The number of thiazole rings is 1. The number of benzene rings is 1. The zero-order valence-corrected chi connectivity index (χ0v) is 19.9. The lowest BCUT2D eigenvalue weighted by Gasteiger charge is -2.25. The van der Waals surface area contributed by atoms with E-state index in [2.05, 4.69) is 15.2 Å². The van der Waals surface area contributed by atoms with Gasteiger partial charge in [0.2, 0.25) is 5.91 Å². The third-order valence-electron chi connectivity index (χ3n) is 5.55. The molecule has 1 fully saturated rings. The number of aromatic nitrogens is 3. The van der Waals surface area contributed by atoms with Gasteiger partial charge in [0.25, 0.3) is 5.56 Å². The first kappa shape index (κ1) is 22.5. The Balaban J connectivity index is 1.76. The predicted octanol–water partition coefficient (Wildman–Crippen LogP) is 3.79. The number of anilines is 2. The molecule has 1 N–H and O–H groups in total. The number of rotatable bonds is 5. The summed E-state index contributed by atoms with van der Waals surface area (Å²) >= 11 is 7.52. The molecule has 0 aliphatic carbocycles. The number of carbonyl (C=O) groups is 1. The van der Waals surface area contributed by atoms with E-state index in [-0.39, 0.29) is 23.8 Å². The van der Waals surface area contributed by atoms with E-state index in [1.165, 1.54) is 26.9 Å². The van der Waals surface area contributed by atoms with Crippen LogP contribution in [0, 0.1) is 6.92 Å². The van der Waals surface area contributed by atoms with E-state index >= 15 is 0 Å². The Morgan fingerprint density at radius 1 is 1.22 bits per heavy atom. The molecule has 1 amide bonds. The number of hydrogen-bond donors (Lipinski definition) is 1. The molecule has 10 heteroatoms. The summed E-state index contributed by atoms with van der Waals surface area (Å²) in [4.78, 5) is 45.9. The van der Waals surface area contributed by atoms with Crippen LogP contribution in [-0.4, -0.2) is 33.1 Å². The van der Waals surface area contributed by atoms with Crippen molar-refractivity contribution in [2.24, 2.45) is 0 Å². The maximum Gasteiger partial charge on any atom is 0.333 e. The van der Waals surface area contributed by atoms with Gasteiger partial charge in [-0.3, -0.25) is 18.7 Å². The molecule has 3 aromatic rings. The van der Waals surface area contributed by atoms with Crippen molar-refractivity contribution in [2.45, 2.75) is 52.6 Å². The van der Waals surface area contributed by atoms with Gasteiger partial charge in [-0.25, -0.2) is 9.78 Å². The van der Waals surface area contributed by atoms with Gasteiger partial charge in [-0.05, 0) is 57.7 Å². The Labute approximate surface area is 194 Å². The Bertz CT molecular complexity index is 1290. The van der Waals surface area contributed by atoms with Gasteiger partial charge in [-0.1, -0.05) is 29.0 Å². The Morgan fingerprint density at radius 3 is 2.59 bits per heavy atom. The number of nitrogens with zero attached hydrogens (tertiary/aromatic N) is 4. The zero-order chi connectivity index (χ0) is 23.0. The molecule has 8 nitrogen and oxygen atoms in total. The number of carbonyl (C=O) groups excluding carboxylic acids is 1. The van der Waals surface area contributed by atoms with E-state index < -0.39 is 11.6 Å². The van der Waals surface area contributed by atoms with Crippen molar-refractivity contribution in [3.63, 3.8) is 0 Å². The van der Waals surface area contributed by atoms with Gasteiger partial charge in [0.05, 0.1) is 10.7 Å². The van der Waals surface area contributed by atoms with Crippen molar-refractivity contribution in [1.82, 2.24) is 14.1 Å². The van der Waals surface area contributed by atoms with Crippen molar-refractivity contribution < 1.29 is 4.79 Å². The second-order valence-corrected chi connectivity index (χ2v) is 9.75.